The third-order valence-electron chi connectivity index (χ3n) is 5.97. The van der Waals surface area contributed by atoms with Crippen molar-refractivity contribution in [1.29, 1.82) is 0 Å². The first-order chi connectivity index (χ1) is 15.6. The Bertz CT molecular complexity index is 888. The van der Waals surface area contributed by atoms with E-state index in [9.17, 15) is 9.59 Å². The zero-order chi connectivity index (χ0) is 22.8. The summed E-state index contributed by atoms with van der Waals surface area (Å²) >= 11 is 0. The number of aromatic nitrogens is 1. The van der Waals surface area contributed by atoms with Crippen LogP contribution in [-0.2, 0) is 22.6 Å². The molecule has 1 aliphatic heterocycles. The number of amides is 2. The van der Waals surface area contributed by atoms with Crippen LogP contribution in [0.1, 0.15) is 43.2 Å². The zero-order valence-corrected chi connectivity index (χ0v) is 19.0. The number of likely N-dealkylation sites (tertiary alicyclic amines) is 1. The van der Waals surface area contributed by atoms with Crippen LogP contribution in [0.4, 0.5) is 0 Å². The lowest BCUT2D eigenvalue weighted by Gasteiger charge is -2.33. The maximum atomic E-state index is 12.6. The van der Waals surface area contributed by atoms with Gasteiger partial charge in [-0.1, -0.05) is 6.07 Å². The van der Waals surface area contributed by atoms with E-state index in [-0.39, 0.29) is 11.8 Å². The first-order valence-electron chi connectivity index (χ1n) is 11.2. The van der Waals surface area contributed by atoms with E-state index in [1.54, 1.807) is 20.4 Å². The van der Waals surface area contributed by atoms with Gasteiger partial charge in [0, 0.05) is 56.5 Å². The van der Waals surface area contributed by atoms with Crippen molar-refractivity contribution in [1.82, 2.24) is 15.2 Å². The molecule has 1 aliphatic rings. The van der Waals surface area contributed by atoms with Crippen molar-refractivity contribution < 1.29 is 19.1 Å². The summed E-state index contributed by atoms with van der Waals surface area (Å²) in [5.41, 5.74) is 1.99. The lowest BCUT2D eigenvalue weighted by Crippen LogP contribution is -2.40. The summed E-state index contributed by atoms with van der Waals surface area (Å²) in [7, 11) is 3.21. The van der Waals surface area contributed by atoms with Crippen molar-refractivity contribution in [3.63, 3.8) is 0 Å². The molecule has 1 aromatic heterocycles. The van der Waals surface area contributed by atoms with Crippen molar-refractivity contribution in [3.8, 4) is 11.5 Å². The number of ether oxygens (including phenoxy) is 2. The molecular weight excluding hydrogens is 406 g/mol. The normalized spacial score (nSPS) is 15.8. The minimum absolute atomic E-state index is 0.0166. The highest BCUT2D eigenvalue weighted by atomic mass is 16.5. The van der Waals surface area contributed by atoms with Gasteiger partial charge in [0.1, 0.15) is 11.5 Å². The number of methoxy groups -OCH3 is 2. The second-order valence-electron chi connectivity index (χ2n) is 8.20. The van der Waals surface area contributed by atoms with Crippen molar-refractivity contribution in [2.45, 2.75) is 45.1 Å². The van der Waals surface area contributed by atoms with E-state index in [1.807, 2.05) is 41.4 Å². The summed E-state index contributed by atoms with van der Waals surface area (Å²) in [6.07, 6.45) is 8.07. The van der Waals surface area contributed by atoms with Gasteiger partial charge in [-0.25, -0.2) is 0 Å². The third kappa shape index (κ3) is 6.97. The Morgan fingerprint density at radius 3 is 2.81 bits per heavy atom. The molecule has 2 aromatic rings. The van der Waals surface area contributed by atoms with Crippen LogP contribution in [0, 0.1) is 5.92 Å². The molecule has 1 saturated heterocycles. The fourth-order valence-electron chi connectivity index (χ4n) is 4.10. The Balaban J connectivity index is 1.40. The molecule has 0 unspecified atom stereocenters. The van der Waals surface area contributed by atoms with Crippen molar-refractivity contribution in [3.05, 3.63) is 53.9 Å². The van der Waals surface area contributed by atoms with Gasteiger partial charge in [-0.2, -0.15) is 0 Å². The van der Waals surface area contributed by atoms with E-state index in [0.717, 1.165) is 43.5 Å². The molecule has 2 heterocycles. The quantitative estimate of drug-likeness (QED) is 0.614. The number of hydrogen-bond acceptors (Lipinski definition) is 5. The Hall–Kier alpha value is -3.09. The van der Waals surface area contributed by atoms with Gasteiger partial charge in [0.25, 0.3) is 0 Å². The number of nitrogens with zero attached hydrogens (tertiary/aromatic N) is 2. The molecule has 0 spiro atoms. The average Bonchev–Trinajstić information content (AvgIpc) is 2.85. The van der Waals surface area contributed by atoms with E-state index in [0.29, 0.717) is 43.2 Å². The van der Waals surface area contributed by atoms with Crippen molar-refractivity contribution in [2.75, 3.05) is 27.3 Å². The number of carbonyl (C=O) groups is 2. The Morgan fingerprint density at radius 2 is 2.06 bits per heavy atom. The van der Waals surface area contributed by atoms with Gasteiger partial charge in [0.05, 0.1) is 14.2 Å². The van der Waals surface area contributed by atoms with E-state index >= 15 is 0 Å². The van der Waals surface area contributed by atoms with E-state index in [4.69, 9.17) is 9.47 Å². The molecule has 0 saturated carbocycles. The number of aryl methyl sites for hydroxylation is 1. The van der Waals surface area contributed by atoms with Gasteiger partial charge in [-0.05, 0) is 55.4 Å². The molecule has 1 N–H and O–H groups in total. The Kier molecular flexibility index (Phi) is 8.90. The summed E-state index contributed by atoms with van der Waals surface area (Å²) in [4.78, 5) is 31.1. The summed E-state index contributed by atoms with van der Waals surface area (Å²) in [6, 6.07) is 9.45. The number of nitrogens with one attached hydrogen (secondary N) is 1. The van der Waals surface area contributed by atoms with Crippen LogP contribution in [0.2, 0.25) is 0 Å². The van der Waals surface area contributed by atoms with Crippen LogP contribution in [-0.4, -0.2) is 49.0 Å². The zero-order valence-electron chi connectivity index (χ0n) is 19.0. The second kappa shape index (κ2) is 12.1. The van der Waals surface area contributed by atoms with Gasteiger partial charge < -0.3 is 19.7 Å². The van der Waals surface area contributed by atoms with Crippen LogP contribution < -0.4 is 14.8 Å². The van der Waals surface area contributed by atoms with Crippen LogP contribution in [0.25, 0.3) is 0 Å². The lowest BCUT2D eigenvalue weighted by atomic mass is 9.93. The monoisotopic (exact) mass is 439 g/mol. The Labute approximate surface area is 190 Å². The predicted molar refractivity (Wildman–Crippen MR) is 122 cm³/mol. The maximum absolute atomic E-state index is 12.6. The molecule has 0 bridgehead atoms. The number of pyridine rings is 1. The highest BCUT2D eigenvalue weighted by Gasteiger charge is 2.24. The summed E-state index contributed by atoms with van der Waals surface area (Å²) in [6.45, 7) is 1.97. The summed E-state index contributed by atoms with van der Waals surface area (Å²) < 4.78 is 10.6. The van der Waals surface area contributed by atoms with Crippen molar-refractivity contribution >= 4 is 11.8 Å². The molecular formula is C25H33N3O4. The minimum Gasteiger partial charge on any atom is -0.497 e. The van der Waals surface area contributed by atoms with Crippen LogP contribution >= 0.6 is 0 Å². The van der Waals surface area contributed by atoms with Gasteiger partial charge in [0.2, 0.25) is 11.8 Å². The van der Waals surface area contributed by atoms with Gasteiger partial charge in [-0.15, -0.1) is 0 Å². The van der Waals surface area contributed by atoms with Gasteiger partial charge in [-0.3, -0.25) is 14.6 Å². The molecule has 1 fully saturated rings. The SMILES string of the molecule is COc1ccc(CNC(=O)CC[C@@H]2CCCN(C(=O)CCc3cccnc3)C2)c(OC)c1. The second-order valence-corrected chi connectivity index (χ2v) is 8.20. The highest BCUT2D eigenvalue weighted by Crippen LogP contribution is 2.25. The molecule has 1 atom stereocenters. The summed E-state index contributed by atoms with van der Waals surface area (Å²) in [5.74, 6) is 1.98. The van der Waals surface area contributed by atoms with Crippen LogP contribution in [0.5, 0.6) is 11.5 Å². The first kappa shape index (κ1) is 23.6. The maximum Gasteiger partial charge on any atom is 0.222 e. The smallest absolute Gasteiger partial charge is 0.222 e. The molecule has 0 radical (unpaired) electrons. The Morgan fingerprint density at radius 1 is 1.19 bits per heavy atom. The first-order valence-corrected chi connectivity index (χ1v) is 11.2. The minimum atomic E-state index is 0.0166. The molecule has 172 valence electrons. The van der Waals surface area contributed by atoms with E-state index in [1.165, 1.54) is 0 Å². The predicted octanol–water partition coefficient (Wildman–Crippen LogP) is 3.37. The number of rotatable bonds is 10. The molecule has 3 rings (SSSR count). The van der Waals surface area contributed by atoms with E-state index < -0.39 is 0 Å². The molecule has 7 nitrogen and oxygen atoms in total. The largest absolute Gasteiger partial charge is 0.497 e. The number of carbonyl (C=O) groups excluding carboxylic acids is 2. The molecule has 2 amide bonds. The molecule has 32 heavy (non-hydrogen) atoms. The standard InChI is InChI=1S/C25H33N3O4/c1-31-22-10-9-21(23(15-22)32-2)17-27-24(29)11-7-20-6-4-14-28(18-20)25(30)12-8-19-5-3-13-26-16-19/h3,5,9-10,13,15-16,20H,4,6-8,11-12,14,17-18H2,1-2H3,(H,27,29)/t20-/m0/s1. The van der Waals surface area contributed by atoms with Crippen molar-refractivity contribution in [2.24, 2.45) is 5.92 Å². The topological polar surface area (TPSA) is 80.8 Å². The number of benzene rings is 1. The third-order valence-corrected chi connectivity index (χ3v) is 5.97. The number of hydrogen-bond donors (Lipinski definition) is 1. The highest BCUT2D eigenvalue weighted by molar-refractivity contribution is 5.77. The average molecular weight is 440 g/mol. The van der Waals surface area contributed by atoms with Crippen LogP contribution in [0.3, 0.4) is 0 Å². The van der Waals surface area contributed by atoms with Gasteiger partial charge >= 0.3 is 0 Å². The number of piperidine rings is 1. The lowest BCUT2D eigenvalue weighted by molar-refractivity contribution is -0.133. The molecule has 0 aliphatic carbocycles. The van der Waals surface area contributed by atoms with Gasteiger partial charge in [0.15, 0.2) is 0 Å². The molecule has 7 heteroatoms. The van der Waals surface area contributed by atoms with E-state index in [2.05, 4.69) is 10.3 Å². The summed E-state index contributed by atoms with van der Waals surface area (Å²) in [5, 5.41) is 2.98. The fraction of sp³-hybridized carbons (Fsp3) is 0.480. The fourth-order valence-corrected chi connectivity index (χ4v) is 4.10. The molecule has 1 aromatic carbocycles. The van der Waals surface area contributed by atoms with Crippen LogP contribution in [0.15, 0.2) is 42.7 Å².